The van der Waals surface area contributed by atoms with E-state index in [1.165, 1.54) is 11.3 Å². The van der Waals surface area contributed by atoms with Crippen molar-refractivity contribution >= 4 is 39.7 Å². The van der Waals surface area contributed by atoms with Crippen LogP contribution in [0, 0.1) is 0 Å². The van der Waals surface area contributed by atoms with Crippen molar-refractivity contribution in [3.05, 3.63) is 94.7 Å². The summed E-state index contributed by atoms with van der Waals surface area (Å²) in [5.74, 6) is 1.71. The number of anilines is 2. The van der Waals surface area contributed by atoms with E-state index in [1.54, 1.807) is 11.3 Å². The first-order valence-electron chi connectivity index (χ1n) is 14.9. The number of hydrogen-bond donors (Lipinski definition) is 2. The monoisotopic (exact) mass is 593 g/mol. The van der Waals surface area contributed by atoms with E-state index in [9.17, 15) is 4.79 Å². The number of H-pyrrole nitrogens is 1. The van der Waals surface area contributed by atoms with E-state index in [2.05, 4.69) is 83.3 Å². The molecule has 1 aliphatic heterocycles. The second-order valence-corrected chi connectivity index (χ2v) is 13.1. The normalized spacial score (nSPS) is 14.3. The average Bonchev–Trinajstić information content (AvgIpc) is 3.68. The van der Waals surface area contributed by atoms with Gasteiger partial charge < -0.3 is 19.9 Å². The summed E-state index contributed by atoms with van der Waals surface area (Å²) in [5.41, 5.74) is 6.61. The standard InChI is InChI=1S/C35H39N5O2S/c1-35(2,3)26-11-9-25(10-12-26)34-37-30-7-4-8-31(33(30)38-34)40-19-17-39(18-20-40)21-22-42-28-15-13-27(14-16-28)36-32(41)24-29-6-5-23-43-29/h4-16,23H,17-22,24H2,1-3H3,(H,36,41)(H,37,38). The Bertz CT molecular complexity index is 1650. The van der Waals surface area contributed by atoms with Crippen molar-refractivity contribution in [2.24, 2.45) is 0 Å². The van der Waals surface area contributed by atoms with Crippen LogP contribution >= 0.6 is 11.3 Å². The summed E-state index contributed by atoms with van der Waals surface area (Å²) in [5, 5.41) is 4.94. The Hall–Kier alpha value is -4.14. The minimum absolute atomic E-state index is 0.00914. The minimum Gasteiger partial charge on any atom is -0.492 e. The fraction of sp³-hybridized carbons (Fsp3) is 0.314. The number of para-hydroxylation sites is 1. The van der Waals surface area contributed by atoms with Gasteiger partial charge in [0.1, 0.15) is 23.7 Å². The molecular formula is C35H39N5O2S. The smallest absolute Gasteiger partial charge is 0.229 e. The van der Waals surface area contributed by atoms with E-state index in [1.807, 2.05) is 41.8 Å². The van der Waals surface area contributed by atoms with E-state index >= 15 is 0 Å². The number of carbonyl (C=O) groups excluding carboxylic acids is 1. The third kappa shape index (κ3) is 7.09. The first-order valence-corrected chi connectivity index (χ1v) is 15.8. The Morgan fingerprint density at radius 1 is 0.953 bits per heavy atom. The molecule has 0 radical (unpaired) electrons. The lowest BCUT2D eigenvalue weighted by atomic mass is 9.87. The summed E-state index contributed by atoms with van der Waals surface area (Å²) in [6.45, 7) is 12.0. The number of imidazole rings is 1. The first-order chi connectivity index (χ1) is 20.8. The van der Waals surface area contributed by atoms with E-state index in [0.717, 1.165) is 71.5 Å². The number of benzene rings is 3. The molecular weight excluding hydrogens is 554 g/mol. The third-order valence-corrected chi connectivity index (χ3v) is 8.83. The van der Waals surface area contributed by atoms with Gasteiger partial charge in [0.05, 0.1) is 17.6 Å². The van der Waals surface area contributed by atoms with Gasteiger partial charge in [-0.3, -0.25) is 9.69 Å². The number of aromatic amines is 1. The summed E-state index contributed by atoms with van der Waals surface area (Å²) in [6.07, 6.45) is 0.396. The van der Waals surface area contributed by atoms with Gasteiger partial charge in [-0.15, -0.1) is 11.3 Å². The number of fused-ring (bicyclic) bond motifs is 1. The number of thiophene rings is 1. The van der Waals surface area contributed by atoms with Crippen LogP contribution in [-0.2, 0) is 16.6 Å². The van der Waals surface area contributed by atoms with E-state index < -0.39 is 0 Å². The predicted molar refractivity (Wildman–Crippen MR) is 177 cm³/mol. The van der Waals surface area contributed by atoms with Gasteiger partial charge in [-0.05, 0) is 58.8 Å². The second-order valence-electron chi connectivity index (χ2n) is 12.1. The molecule has 5 aromatic rings. The minimum atomic E-state index is -0.00914. The number of ether oxygens (including phenoxy) is 1. The lowest BCUT2D eigenvalue weighted by molar-refractivity contribution is -0.115. The molecule has 0 aliphatic carbocycles. The Morgan fingerprint density at radius 2 is 1.72 bits per heavy atom. The molecule has 3 aromatic carbocycles. The molecule has 1 aliphatic rings. The predicted octanol–water partition coefficient (Wildman–Crippen LogP) is 6.97. The van der Waals surface area contributed by atoms with Crippen molar-refractivity contribution in [2.75, 3.05) is 49.5 Å². The van der Waals surface area contributed by atoms with Gasteiger partial charge in [0.15, 0.2) is 0 Å². The number of piperazine rings is 1. The van der Waals surface area contributed by atoms with Crippen LogP contribution < -0.4 is 15.0 Å². The highest BCUT2D eigenvalue weighted by Crippen LogP contribution is 2.30. The number of nitrogens with one attached hydrogen (secondary N) is 2. The maximum Gasteiger partial charge on any atom is 0.229 e. The van der Waals surface area contributed by atoms with Crippen molar-refractivity contribution in [3.8, 4) is 17.1 Å². The molecule has 2 N–H and O–H groups in total. The van der Waals surface area contributed by atoms with Gasteiger partial charge in [-0.1, -0.05) is 57.2 Å². The molecule has 2 aromatic heterocycles. The van der Waals surface area contributed by atoms with Crippen LogP contribution in [0.2, 0.25) is 0 Å². The second kappa shape index (κ2) is 12.6. The Balaban J connectivity index is 0.989. The molecule has 8 heteroatoms. The molecule has 0 bridgehead atoms. The molecule has 1 fully saturated rings. The molecule has 0 unspecified atom stereocenters. The zero-order valence-electron chi connectivity index (χ0n) is 25.1. The molecule has 0 atom stereocenters. The fourth-order valence-corrected chi connectivity index (χ4v) is 6.16. The highest BCUT2D eigenvalue weighted by molar-refractivity contribution is 7.10. The zero-order chi connectivity index (χ0) is 29.8. The Labute approximate surface area is 257 Å². The van der Waals surface area contributed by atoms with Crippen molar-refractivity contribution in [1.29, 1.82) is 0 Å². The van der Waals surface area contributed by atoms with Gasteiger partial charge in [-0.2, -0.15) is 0 Å². The van der Waals surface area contributed by atoms with Crippen LogP contribution in [-0.4, -0.2) is 60.1 Å². The maximum absolute atomic E-state index is 12.2. The van der Waals surface area contributed by atoms with Crippen LogP contribution in [0.15, 0.2) is 84.2 Å². The lowest BCUT2D eigenvalue weighted by Gasteiger charge is -2.36. The van der Waals surface area contributed by atoms with Crippen molar-refractivity contribution in [2.45, 2.75) is 32.6 Å². The zero-order valence-corrected chi connectivity index (χ0v) is 25.9. The van der Waals surface area contributed by atoms with Crippen molar-refractivity contribution in [3.63, 3.8) is 0 Å². The number of hydrogen-bond acceptors (Lipinski definition) is 6. The molecule has 6 rings (SSSR count). The van der Waals surface area contributed by atoms with Crippen molar-refractivity contribution in [1.82, 2.24) is 14.9 Å². The van der Waals surface area contributed by atoms with E-state index in [-0.39, 0.29) is 11.3 Å². The van der Waals surface area contributed by atoms with E-state index in [4.69, 9.17) is 9.72 Å². The van der Waals surface area contributed by atoms with Gasteiger partial charge in [0.2, 0.25) is 5.91 Å². The first kappa shape index (κ1) is 29.0. The quantitative estimate of drug-likeness (QED) is 0.193. The summed E-state index contributed by atoms with van der Waals surface area (Å²) >= 11 is 1.59. The van der Waals surface area contributed by atoms with Gasteiger partial charge >= 0.3 is 0 Å². The summed E-state index contributed by atoms with van der Waals surface area (Å²) in [4.78, 5) is 26.8. The van der Waals surface area contributed by atoms with Gasteiger partial charge in [-0.25, -0.2) is 4.98 Å². The number of amides is 1. The van der Waals surface area contributed by atoms with Crippen LogP contribution in [0.25, 0.3) is 22.4 Å². The maximum atomic E-state index is 12.2. The largest absolute Gasteiger partial charge is 0.492 e. The number of carbonyl (C=O) groups is 1. The molecule has 1 amide bonds. The fourth-order valence-electron chi connectivity index (χ4n) is 5.45. The number of aromatic nitrogens is 2. The third-order valence-electron chi connectivity index (χ3n) is 7.96. The van der Waals surface area contributed by atoms with Crippen molar-refractivity contribution < 1.29 is 9.53 Å². The Morgan fingerprint density at radius 3 is 2.42 bits per heavy atom. The summed E-state index contributed by atoms with van der Waals surface area (Å²) in [6, 6.07) is 26.7. The SMILES string of the molecule is CC(C)(C)c1ccc(-c2nc3c(N4CCN(CCOc5ccc(NC(=O)Cc6cccs6)cc5)CC4)cccc3[nH]2)cc1. The number of rotatable bonds is 9. The van der Waals surface area contributed by atoms with E-state index in [0.29, 0.717) is 13.0 Å². The van der Waals surface area contributed by atoms with Crippen LogP contribution in [0.5, 0.6) is 5.75 Å². The van der Waals surface area contributed by atoms with Gasteiger partial charge in [0.25, 0.3) is 0 Å². The summed E-state index contributed by atoms with van der Waals surface area (Å²) in [7, 11) is 0. The molecule has 3 heterocycles. The molecule has 222 valence electrons. The number of nitrogens with zero attached hydrogens (tertiary/aromatic N) is 3. The molecule has 0 spiro atoms. The average molecular weight is 594 g/mol. The molecule has 1 saturated heterocycles. The Kier molecular flexibility index (Phi) is 8.49. The molecule has 43 heavy (non-hydrogen) atoms. The molecule has 7 nitrogen and oxygen atoms in total. The highest BCUT2D eigenvalue weighted by atomic mass is 32.1. The lowest BCUT2D eigenvalue weighted by Crippen LogP contribution is -2.47. The summed E-state index contributed by atoms with van der Waals surface area (Å²) < 4.78 is 6.01. The van der Waals surface area contributed by atoms with Crippen LogP contribution in [0.1, 0.15) is 31.2 Å². The topological polar surface area (TPSA) is 73.5 Å². The highest BCUT2D eigenvalue weighted by Gasteiger charge is 2.21. The molecule has 0 saturated carbocycles. The van der Waals surface area contributed by atoms with Crippen LogP contribution in [0.4, 0.5) is 11.4 Å². The van der Waals surface area contributed by atoms with Crippen LogP contribution in [0.3, 0.4) is 0 Å². The van der Waals surface area contributed by atoms with Gasteiger partial charge in [0, 0.05) is 48.9 Å².